The summed E-state index contributed by atoms with van der Waals surface area (Å²) < 4.78 is 11.0. The summed E-state index contributed by atoms with van der Waals surface area (Å²) in [5, 5.41) is 2.88. The minimum absolute atomic E-state index is 0.0472. The van der Waals surface area contributed by atoms with Crippen LogP contribution in [0.4, 0.5) is 11.4 Å². The van der Waals surface area contributed by atoms with Gasteiger partial charge in [0, 0.05) is 24.3 Å². The Labute approximate surface area is 165 Å². The maximum Gasteiger partial charge on any atom is 0.229 e. The molecule has 2 amide bonds. The van der Waals surface area contributed by atoms with Crippen LogP contribution in [0.15, 0.2) is 48.5 Å². The van der Waals surface area contributed by atoms with Crippen molar-refractivity contribution in [1.82, 2.24) is 0 Å². The standard InChI is InChI=1S/C22H26N2O4/c1-3-13-28-20-11-7-18(8-12-20)24-15-16(14-21(24)25)22(26)23-17-5-9-19(10-6-17)27-4-2/h5-12,16H,3-4,13-15H2,1-2H3,(H,23,26)/t16-/m1/s1. The smallest absolute Gasteiger partial charge is 0.229 e. The molecule has 0 aromatic heterocycles. The normalized spacial score (nSPS) is 16.1. The van der Waals surface area contributed by atoms with Crippen LogP contribution in [0, 0.1) is 5.92 Å². The molecule has 2 aromatic rings. The fourth-order valence-electron chi connectivity index (χ4n) is 3.12. The lowest BCUT2D eigenvalue weighted by molar-refractivity contribution is -0.122. The van der Waals surface area contributed by atoms with Crippen LogP contribution in [0.3, 0.4) is 0 Å². The van der Waals surface area contributed by atoms with Crippen LogP contribution in [0.5, 0.6) is 11.5 Å². The van der Waals surface area contributed by atoms with Gasteiger partial charge in [0.25, 0.3) is 0 Å². The second-order valence-electron chi connectivity index (χ2n) is 6.69. The summed E-state index contributed by atoms with van der Waals surface area (Å²) in [5.41, 5.74) is 1.47. The molecule has 1 atom stereocenters. The van der Waals surface area contributed by atoms with Crippen molar-refractivity contribution in [3.8, 4) is 11.5 Å². The van der Waals surface area contributed by atoms with Gasteiger partial charge in [0.2, 0.25) is 11.8 Å². The lowest BCUT2D eigenvalue weighted by atomic mass is 10.1. The summed E-state index contributed by atoms with van der Waals surface area (Å²) in [6.07, 6.45) is 1.15. The Balaban J connectivity index is 1.59. The molecule has 0 saturated carbocycles. The molecule has 28 heavy (non-hydrogen) atoms. The quantitative estimate of drug-likeness (QED) is 0.753. The van der Waals surface area contributed by atoms with E-state index < -0.39 is 0 Å². The van der Waals surface area contributed by atoms with Gasteiger partial charge in [-0.15, -0.1) is 0 Å². The molecule has 1 aliphatic heterocycles. The average Bonchev–Trinajstić information content (AvgIpc) is 3.10. The van der Waals surface area contributed by atoms with Gasteiger partial charge in [-0.25, -0.2) is 0 Å². The molecule has 1 saturated heterocycles. The molecule has 0 spiro atoms. The maximum absolute atomic E-state index is 12.6. The van der Waals surface area contributed by atoms with Crippen molar-refractivity contribution in [3.63, 3.8) is 0 Å². The fourth-order valence-corrected chi connectivity index (χ4v) is 3.12. The maximum atomic E-state index is 12.6. The van der Waals surface area contributed by atoms with E-state index in [1.165, 1.54) is 0 Å². The van der Waals surface area contributed by atoms with Crippen molar-refractivity contribution >= 4 is 23.2 Å². The highest BCUT2D eigenvalue weighted by atomic mass is 16.5. The predicted octanol–water partition coefficient (Wildman–Crippen LogP) is 3.87. The summed E-state index contributed by atoms with van der Waals surface area (Å²) in [7, 11) is 0. The Morgan fingerprint density at radius 1 is 1.04 bits per heavy atom. The molecule has 6 heteroatoms. The minimum atomic E-state index is -0.380. The Hall–Kier alpha value is -3.02. The highest BCUT2D eigenvalue weighted by Gasteiger charge is 2.35. The van der Waals surface area contributed by atoms with Crippen LogP contribution in [0.1, 0.15) is 26.7 Å². The monoisotopic (exact) mass is 382 g/mol. The van der Waals surface area contributed by atoms with E-state index in [1.807, 2.05) is 43.3 Å². The zero-order valence-corrected chi connectivity index (χ0v) is 16.3. The molecule has 0 bridgehead atoms. The number of carbonyl (C=O) groups excluding carboxylic acids is 2. The van der Waals surface area contributed by atoms with E-state index in [-0.39, 0.29) is 24.2 Å². The van der Waals surface area contributed by atoms with Gasteiger partial charge in [-0.1, -0.05) is 6.92 Å². The molecule has 3 rings (SSSR count). The van der Waals surface area contributed by atoms with E-state index in [9.17, 15) is 9.59 Å². The van der Waals surface area contributed by atoms with E-state index in [1.54, 1.807) is 17.0 Å². The third-order valence-electron chi connectivity index (χ3n) is 4.55. The third-order valence-corrected chi connectivity index (χ3v) is 4.55. The summed E-state index contributed by atoms with van der Waals surface area (Å²) >= 11 is 0. The Bertz CT molecular complexity index is 802. The molecule has 0 aliphatic carbocycles. The number of ether oxygens (including phenoxy) is 2. The van der Waals surface area contributed by atoms with E-state index in [2.05, 4.69) is 12.2 Å². The van der Waals surface area contributed by atoms with Crippen molar-refractivity contribution in [2.75, 3.05) is 30.0 Å². The molecule has 0 radical (unpaired) electrons. The van der Waals surface area contributed by atoms with Crippen molar-refractivity contribution < 1.29 is 19.1 Å². The number of carbonyl (C=O) groups is 2. The first-order valence-corrected chi connectivity index (χ1v) is 9.67. The molecule has 1 N–H and O–H groups in total. The molecule has 1 aliphatic rings. The van der Waals surface area contributed by atoms with Gasteiger partial charge in [0.05, 0.1) is 19.1 Å². The first-order valence-electron chi connectivity index (χ1n) is 9.67. The van der Waals surface area contributed by atoms with Gasteiger partial charge in [-0.05, 0) is 61.9 Å². The molecule has 0 unspecified atom stereocenters. The van der Waals surface area contributed by atoms with Crippen molar-refractivity contribution in [1.29, 1.82) is 0 Å². The summed E-state index contributed by atoms with van der Waals surface area (Å²) in [5.74, 6) is 0.961. The minimum Gasteiger partial charge on any atom is -0.494 e. The number of amides is 2. The molecule has 2 aromatic carbocycles. The van der Waals surface area contributed by atoms with Crippen LogP contribution in [0.25, 0.3) is 0 Å². The van der Waals surface area contributed by atoms with Crippen LogP contribution in [-0.2, 0) is 9.59 Å². The van der Waals surface area contributed by atoms with Crippen molar-refractivity contribution in [2.24, 2.45) is 5.92 Å². The van der Waals surface area contributed by atoms with Crippen LogP contribution < -0.4 is 19.7 Å². The Morgan fingerprint density at radius 3 is 2.32 bits per heavy atom. The topological polar surface area (TPSA) is 67.9 Å². The third kappa shape index (κ3) is 4.82. The zero-order valence-electron chi connectivity index (χ0n) is 16.3. The highest BCUT2D eigenvalue weighted by molar-refractivity contribution is 6.03. The molecular formula is C22H26N2O4. The van der Waals surface area contributed by atoms with Gasteiger partial charge in [-0.3, -0.25) is 9.59 Å². The number of nitrogens with zero attached hydrogens (tertiary/aromatic N) is 1. The van der Waals surface area contributed by atoms with Gasteiger partial charge in [0.1, 0.15) is 11.5 Å². The van der Waals surface area contributed by atoms with Crippen molar-refractivity contribution in [3.05, 3.63) is 48.5 Å². The van der Waals surface area contributed by atoms with Gasteiger partial charge in [0.15, 0.2) is 0 Å². The second-order valence-corrected chi connectivity index (χ2v) is 6.69. The molecule has 1 heterocycles. The Kier molecular flexibility index (Phi) is 6.53. The zero-order chi connectivity index (χ0) is 19.9. The lowest BCUT2D eigenvalue weighted by Crippen LogP contribution is -2.28. The van der Waals surface area contributed by atoms with Gasteiger partial charge in [-0.2, -0.15) is 0 Å². The lowest BCUT2D eigenvalue weighted by Gasteiger charge is -2.17. The highest BCUT2D eigenvalue weighted by Crippen LogP contribution is 2.28. The number of hydrogen-bond donors (Lipinski definition) is 1. The van der Waals surface area contributed by atoms with Crippen LogP contribution in [-0.4, -0.2) is 31.6 Å². The first-order chi connectivity index (χ1) is 13.6. The first kappa shape index (κ1) is 19.7. The summed E-state index contributed by atoms with van der Waals surface area (Å²) in [6, 6.07) is 14.6. The fraction of sp³-hybridized carbons (Fsp3) is 0.364. The SMILES string of the molecule is CCCOc1ccc(N2C[C@H](C(=O)Nc3ccc(OCC)cc3)CC2=O)cc1. The number of benzene rings is 2. The summed E-state index contributed by atoms with van der Waals surface area (Å²) in [6.45, 7) is 5.60. The van der Waals surface area contributed by atoms with E-state index in [0.717, 1.165) is 23.6 Å². The molecule has 148 valence electrons. The number of rotatable bonds is 8. The largest absolute Gasteiger partial charge is 0.494 e. The van der Waals surface area contributed by atoms with Gasteiger partial charge < -0.3 is 19.7 Å². The van der Waals surface area contributed by atoms with Crippen molar-refractivity contribution in [2.45, 2.75) is 26.7 Å². The molecule has 1 fully saturated rings. The van der Waals surface area contributed by atoms with Gasteiger partial charge >= 0.3 is 0 Å². The molecule has 6 nitrogen and oxygen atoms in total. The number of nitrogens with one attached hydrogen (secondary N) is 1. The number of anilines is 2. The van der Waals surface area contributed by atoms with E-state index in [4.69, 9.17) is 9.47 Å². The molecular weight excluding hydrogens is 356 g/mol. The van der Waals surface area contributed by atoms with Crippen LogP contribution in [0.2, 0.25) is 0 Å². The Morgan fingerprint density at radius 2 is 1.68 bits per heavy atom. The predicted molar refractivity (Wildman–Crippen MR) is 109 cm³/mol. The van der Waals surface area contributed by atoms with E-state index >= 15 is 0 Å². The van der Waals surface area contributed by atoms with Crippen LogP contribution >= 0.6 is 0 Å². The summed E-state index contributed by atoms with van der Waals surface area (Å²) in [4.78, 5) is 26.7. The number of hydrogen-bond acceptors (Lipinski definition) is 4. The average molecular weight is 382 g/mol. The second kappa shape index (κ2) is 9.26. The van der Waals surface area contributed by atoms with E-state index in [0.29, 0.717) is 25.4 Å².